The van der Waals surface area contributed by atoms with Gasteiger partial charge in [-0.2, -0.15) is 5.26 Å². The van der Waals surface area contributed by atoms with Gasteiger partial charge in [-0.3, -0.25) is 0 Å². The monoisotopic (exact) mass is 228 g/mol. The average Bonchev–Trinajstić information content (AvgIpc) is 3.03. The summed E-state index contributed by atoms with van der Waals surface area (Å²) in [5, 5.41) is 9.09. The van der Waals surface area contributed by atoms with Crippen LogP contribution in [0.1, 0.15) is 29.5 Å². The number of hydrogen-bond donors (Lipinski definition) is 0. The van der Waals surface area contributed by atoms with Crippen LogP contribution in [-0.2, 0) is 6.54 Å². The molecule has 0 heterocycles. The van der Waals surface area contributed by atoms with E-state index in [1.165, 1.54) is 16.7 Å². The van der Waals surface area contributed by atoms with Crippen LogP contribution in [-0.4, -0.2) is 18.5 Å². The van der Waals surface area contributed by atoms with Crippen LogP contribution in [0.3, 0.4) is 0 Å². The second-order valence-corrected chi connectivity index (χ2v) is 5.49. The lowest BCUT2D eigenvalue weighted by Gasteiger charge is -2.20. The third-order valence-electron chi connectivity index (χ3n) is 3.60. The molecule has 0 spiro atoms. The van der Waals surface area contributed by atoms with Crippen molar-refractivity contribution >= 4 is 0 Å². The Balaban J connectivity index is 1.99. The topological polar surface area (TPSA) is 27.0 Å². The van der Waals surface area contributed by atoms with E-state index in [9.17, 15) is 0 Å². The van der Waals surface area contributed by atoms with Crippen molar-refractivity contribution in [1.29, 1.82) is 5.26 Å². The first kappa shape index (κ1) is 12.1. The van der Waals surface area contributed by atoms with E-state index in [2.05, 4.69) is 50.1 Å². The first-order valence-electron chi connectivity index (χ1n) is 6.21. The van der Waals surface area contributed by atoms with E-state index in [0.717, 1.165) is 25.9 Å². The van der Waals surface area contributed by atoms with E-state index in [1.54, 1.807) is 0 Å². The minimum atomic E-state index is -0.0344. The summed E-state index contributed by atoms with van der Waals surface area (Å²) in [5.74, 6) is 0. The summed E-state index contributed by atoms with van der Waals surface area (Å²) in [6, 6.07) is 9.04. The molecule has 0 atom stereocenters. The molecule has 90 valence electrons. The smallest absolute Gasteiger partial charge is 0.0703 e. The Morgan fingerprint density at radius 1 is 1.35 bits per heavy atom. The van der Waals surface area contributed by atoms with Gasteiger partial charge in [-0.1, -0.05) is 23.8 Å². The first-order chi connectivity index (χ1) is 8.04. The summed E-state index contributed by atoms with van der Waals surface area (Å²) in [5.41, 5.74) is 3.99. The number of rotatable bonds is 4. The maximum Gasteiger partial charge on any atom is 0.0703 e. The van der Waals surface area contributed by atoms with Crippen molar-refractivity contribution in [1.82, 2.24) is 4.90 Å². The van der Waals surface area contributed by atoms with Crippen molar-refractivity contribution in [2.45, 2.75) is 33.2 Å². The zero-order valence-corrected chi connectivity index (χ0v) is 11.0. The Morgan fingerprint density at radius 2 is 2.06 bits per heavy atom. The molecule has 0 unspecified atom stereocenters. The lowest BCUT2D eigenvalue weighted by Crippen LogP contribution is -2.25. The lowest BCUT2D eigenvalue weighted by atomic mass is 10.0. The molecule has 1 aliphatic carbocycles. The maximum atomic E-state index is 9.09. The summed E-state index contributed by atoms with van der Waals surface area (Å²) >= 11 is 0. The highest BCUT2D eigenvalue weighted by Crippen LogP contribution is 2.45. The predicted molar refractivity (Wildman–Crippen MR) is 69.5 cm³/mol. The molecule has 1 aliphatic rings. The predicted octanol–water partition coefficient (Wildman–Crippen LogP) is 3.04. The van der Waals surface area contributed by atoms with Gasteiger partial charge in [-0.05, 0) is 44.9 Å². The molecule has 1 aromatic rings. The van der Waals surface area contributed by atoms with Crippen molar-refractivity contribution < 1.29 is 0 Å². The number of benzene rings is 1. The third kappa shape index (κ3) is 2.87. The highest BCUT2D eigenvalue weighted by atomic mass is 15.1. The van der Waals surface area contributed by atoms with Crippen LogP contribution < -0.4 is 0 Å². The molecule has 0 aromatic heterocycles. The van der Waals surface area contributed by atoms with Crippen molar-refractivity contribution in [3.8, 4) is 6.07 Å². The van der Waals surface area contributed by atoms with Crippen molar-refractivity contribution in [2.24, 2.45) is 5.41 Å². The highest BCUT2D eigenvalue weighted by Gasteiger charge is 2.43. The molecule has 2 heteroatoms. The normalized spacial score (nSPS) is 16.9. The second-order valence-electron chi connectivity index (χ2n) is 5.49. The zero-order chi connectivity index (χ0) is 12.5. The molecule has 0 aliphatic heterocycles. The van der Waals surface area contributed by atoms with Gasteiger partial charge >= 0.3 is 0 Å². The number of hydrogen-bond acceptors (Lipinski definition) is 2. The van der Waals surface area contributed by atoms with Crippen LogP contribution in [0.15, 0.2) is 18.2 Å². The second kappa shape index (κ2) is 4.50. The molecule has 2 nitrogen and oxygen atoms in total. The average molecular weight is 228 g/mol. The van der Waals surface area contributed by atoms with Gasteiger partial charge in [0.2, 0.25) is 0 Å². The molecule has 17 heavy (non-hydrogen) atoms. The van der Waals surface area contributed by atoms with E-state index < -0.39 is 0 Å². The SMILES string of the molecule is Cc1ccc(CN(C)CC2(C#N)CC2)c(C)c1. The standard InChI is InChI=1S/C15H20N2/c1-12-4-5-14(13(2)8-12)9-17(3)11-15(10-16)6-7-15/h4-5,8H,6-7,9,11H2,1-3H3. The number of nitrogens with zero attached hydrogens (tertiary/aromatic N) is 2. The van der Waals surface area contributed by atoms with Gasteiger partial charge in [-0.25, -0.2) is 0 Å². The molecule has 0 N–H and O–H groups in total. The highest BCUT2D eigenvalue weighted by molar-refractivity contribution is 5.30. The molecule has 2 rings (SSSR count). The summed E-state index contributed by atoms with van der Waals surface area (Å²) in [6.07, 6.45) is 2.14. The summed E-state index contributed by atoms with van der Waals surface area (Å²) < 4.78 is 0. The quantitative estimate of drug-likeness (QED) is 0.792. The molecule has 0 radical (unpaired) electrons. The minimum absolute atomic E-state index is 0.0344. The molecule has 1 saturated carbocycles. The summed E-state index contributed by atoms with van der Waals surface area (Å²) in [6.45, 7) is 6.12. The van der Waals surface area contributed by atoms with Gasteiger partial charge in [0, 0.05) is 13.1 Å². The van der Waals surface area contributed by atoms with Crippen LogP contribution in [0.2, 0.25) is 0 Å². The summed E-state index contributed by atoms with van der Waals surface area (Å²) in [4.78, 5) is 2.27. The lowest BCUT2D eigenvalue weighted by molar-refractivity contribution is 0.286. The van der Waals surface area contributed by atoms with E-state index in [1.807, 2.05) is 0 Å². The van der Waals surface area contributed by atoms with Crippen LogP contribution in [0.4, 0.5) is 0 Å². The van der Waals surface area contributed by atoms with Gasteiger partial charge < -0.3 is 4.90 Å². The van der Waals surface area contributed by atoms with E-state index in [4.69, 9.17) is 5.26 Å². The Labute approximate surface area is 104 Å². The van der Waals surface area contributed by atoms with Gasteiger partial charge in [0.05, 0.1) is 11.5 Å². The summed E-state index contributed by atoms with van der Waals surface area (Å²) in [7, 11) is 2.11. The molecule has 0 bridgehead atoms. The van der Waals surface area contributed by atoms with Crippen LogP contribution in [0.5, 0.6) is 0 Å². The molecular weight excluding hydrogens is 208 g/mol. The van der Waals surface area contributed by atoms with E-state index >= 15 is 0 Å². The third-order valence-corrected chi connectivity index (χ3v) is 3.60. The largest absolute Gasteiger partial charge is 0.301 e. The van der Waals surface area contributed by atoms with Gasteiger partial charge in [-0.15, -0.1) is 0 Å². The van der Waals surface area contributed by atoms with Crippen LogP contribution in [0.25, 0.3) is 0 Å². The van der Waals surface area contributed by atoms with Crippen LogP contribution in [0, 0.1) is 30.6 Å². The Kier molecular flexibility index (Phi) is 3.22. The van der Waals surface area contributed by atoms with Gasteiger partial charge in [0.25, 0.3) is 0 Å². The van der Waals surface area contributed by atoms with Crippen molar-refractivity contribution in [3.05, 3.63) is 34.9 Å². The van der Waals surface area contributed by atoms with E-state index in [0.29, 0.717) is 0 Å². The Morgan fingerprint density at radius 3 is 2.59 bits per heavy atom. The minimum Gasteiger partial charge on any atom is -0.301 e. The van der Waals surface area contributed by atoms with Gasteiger partial charge in [0.15, 0.2) is 0 Å². The fraction of sp³-hybridized carbons (Fsp3) is 0.533. The maximum absolute atomic E-state index is 9.09. The molecule has 0 saturated heterocycles. The zero-order valence-electron chi connectivity index (χ0n) is 11.0. The number of aryl methyl sites for hydroxylation is 2. The fourth-order valence-corrected chi connectivity index (χ4v) is 2.34. The molecule has 0 amide bonds. The number of nitriles is 1. The van der Waals surface area contributed by atoms with Crippen LogP contribution >= 0.6 is 0 Å². The Hall–Kier alpha value is -1.33. The Bertz CT molecular complexity index is 452. The van der Waals surface area contributed by atoms with Gasteiger partial charge in [0.1, 0.15) is 0 Å². The van der Waals surface area contributed by atoms with Crippen molar-refractivity contribution in [3.63, 3.8) is 0 Å². The molecule has 1 fully saturated rings. The molecule has 1 aromatic carbocycles. The van der Waals surface area contributed by atoms with Crippen molar-refractivity contribution in [2.75, 3.05) is 13.6 Å². The first-order valence-corrected chi connectivity index (χ1v) is 6.21. The fourth-order valence-electron chi connectivity index (χ4n) is 2.34. The molecular formula is C15H20N2. The van der Waals surface area contributed by atoms with E-state index in [-0.39, 0.29) is 5.41 Å².